The molecule has 88 valence electrons. The van der Waals surface area contributed by atoms with E-state index in [2.05, 4.69) is 27.8 Å². The van der Waals surface area contributed by atoms with Crippen molar-refractivity contribution >= 4 is 15.9 Å². The molecule has 3 heteroatoms. The van der Waals surface area contributed by atoms with Gasteiger partial charge in [-0.15, -0.1) is 0 Å². The summed E-state index contributed by atoms with van der Waals surface area (Å²) in [4.78, 5) is 2.50. The van der Waals surface area contributed by atoms with Gasteiger partial charge in [0.25, 0.3) is 0 Å². The van der Waals surface area contributed by atoms with E-state index in [0.29, 0.717) is 10.5 Å². The maximum absolute atomic E-state index is 13.1. The minimum atomic E-state index is -0.183. The van der Waals surface area contributed by atoms with Crippen LogP contribution in [0.5, 0.6) is 0 Å². The molecule has 1 atom stereocenters. The number of halogens is 2. The summed E-state index contributed by atoms with van der Waals surface area (Å²) in [5, 5.41) is 0. The van der Waals surface area contributed by atoms with E-state index in [9.17, 15) is 4.39 Å². The Hall–Kier alpha value is -0.410. The fourth-order valence-corrected chi connectivity index (χ4v) is 2.86. The largest absolute Gasteiger partial charge is 0.296 e. The van der Waals surface area contributed by atoms with Crippen LogP contribution in [-0.2, 0) is 6.54 Å². The minimum Gasteiger partial charge on any atom is -0.296 e. The Kier molecular flexibility index (Phi) is 3.98. The Balaban J connectivity index is 2.05. The van der Waals surface area contributed by atoms with Crippen LogP contribution in [0.3, 0.4) is 0 Å². The quantitative estimate of drug-likeness (QED) is 0.813. The summed E-state index contributed by atoms with van der Waals surface area (Å²) in [5.74, 6) is -0.183. The molecule has 1 aromatic carbocycles. The lowest BCUT2D eigenvalue weighted by molar-refractivity contribution is 0.240. The summed E-state index contributed by atoms with van der Waals surface area (Å²) < 4.78 is 13.7. The van der Waals surface area contributed by atoms with Crippen LogP contribution in [0, 0.1) is 5.82 Å². The summed E-state index contributed by atoms with van der Waals surface area (Å²) >= 11 is 3.23. The third-order valence-electron chi connectivity index (χ3n) is 3.34. The molecular weight excluding hydrogens is 269 g/mol. The average Bonchev–Trinajstić information content (AvgIpc) is 2.71. The molecule has 1 aromatic rings. The zero-order valence-corrected chi connectivity index (χ0v) is 11.1. The van der Waals surface area contributed by atoms with E-state index in [1.54, 1.807) is 0 Å². The van der Waals surface area contributed by atoms with E-state index in [1.807, 2.05) is 12.1 Å². The van der Waals surface area contributed by atoms with Crippen molar-refractivity contribution in [2.45, 2.75) is 38.8 Å². The number of rotatable bonds is 3. The highest BCUT2D eigenvalue weighted by Gasteiger charge is 2.22. The fourth-order valence-electron chi connectivity index (χ4n) is 2.44. The molecule has 0 N–H and O–H groups in total. The van der Waals surface area contributed by atoms with Crippen molar-refractivity contribution in [3.05, 3.63) is 34.1 Å². The zero-order chi connectivity index (χ0) is 11.5. The average molecular weight is 286 g/mol. The first kappa shape index (κ1) is 12.1. The molecule has 0 radical (unpaired) electrons. The second-order valence-electron chi connectivity index (χ2n) is 4.42. The van der Waals surface area contributed by atoms with Gasteiger partial charge in [-0.25, -0.2) is 4.39 Å². The van der Waals surface area contributed by atoms with E-state index < -0.39 is 0 Å². The lowest BCUT2D eigenvalue weighted by Crippen LogP contribution is -2.28. The second kappa shape index (κ2) is 5.28. The van der Waals surface area contributed by atoms with E-state index in [4.69, 9.17) is 0 Å². The van der Waals surface area contributed by atoms with Gasteiger partial charge in [0.2, 0.25) is 0 Å². The molecule has 0 spiro atoms. The number of nitrogens with zero attached hydrogens (tertiary/aromatic N) is 1. The summed E-state index contributed by atoms with van der Waals surface area (Å²) in [5.41, 5.74) is 1.19. The lowest BCUT2D eigenvalue weighted by atomic mass is 10.1. The van der Waals surface area contributed by atoms with Crippen LogP contribution >= 0.6 is 15.9 Å². The van der Waals surface area contributed by atoms with Gasteiger partial charge >= 0.3 is 0 Å². The molecule has 2 rings (SSSR count). The maximum atomic E-state index is 13.1. The van der Waals surface area contributed by atoms with Gasteiger partial charge in [0.15, 0.2) is 0 Å². The Morgan fingerprint density at radius 3 is 3.00 bits per heavy atom. The van der Waals surface area contributed by atoms with Crippen molar-refractivity contribution in [1.29, 1.82) is 0 Å². The van der Waals surface area contributed by atoms with Crippen LogP contribution in [0.15, 0.2) is 22.7 Å². The van der Waals surface area contributed by atoms with Gasteiger partial charge in [-0.05, 0) is 59.4 Å². The van der Waals surface area contributed by atoms with Crippen molar-refractivity contribution in [3.8, 4) is 0 Å². The summed E-state index contributed by atoms with van der Waals surface area (Å²) in [6.45, 7) is 4.36. The summed E-state index contributed by atoms with van der Waals surface area (Å²) in [6, 6.07) is 6.02. The standard InChI is InChI=1S/C13H17BrFN/c1-2-11-4-3-7-16(11)9-10-5-6-13(15)12(14)8-10/h5-6,8,11H,2-4,7,9H2,1H3. The van der Waals surface area contributed by atoms with Gasteiger partial charge in [-0.3, -0.25) is 4.90 Å². The Morgan fingerprint density at radius 1 is 1.50 bits per heavy atom. The highest BCUT2D eigenvalue weighted by Crippen LogP contribution is 2.24. The normalized spacial score (nSPS) is 21.6. The van der Waals surface area contributed by atoms with Gasteiger partial charge in [-0.1, -0.05) is 13.0 Å². The molecule has 0 bridgehead atoms. The van der Waals surface area contributed by atoms with E-state index in [1.165, 1.54) is 37.4 Å². The molecule has 0 aromatic heterocycles. The monoisotopic (exact) mass is 285 g/mol. The van der Waals surface area contributed by atoms with Crippen LogP contribution in [0.25, 0.3) is 0 Å². The molecule has 0 amide bonds. The van der Waals surface area contributed by atoms with Crippen molar-refractivity contribution < 1.29 is 4.39 Å². The topological polar surface area (TPSA) is 3.24 Å². The molecule has 1 heterocycles. The SMILES string of the molecule is CCC1CCCN1Cc1ccc(F)c(Br)c1. The van der Waals surface area contributed by atoms with E-state index in [0.717, 1.165) is 6.54 Å². The van der Waals surface area contributed by atoms with Gasteiger partial charge < -0.3 is 0 Å². The van der Waals surface area contributed by atoms with Crippen LogP contribution < -0.4 is 0 Å². The predicted molar refractivity (Wildman–Crippen MR) is 67.8 cm³/mol. The third kappa shape index (κ3) is 2.64. The Bertz CT molecular complexity index is 367. The van der Waals surface area contributed by atoms with Gasteiger partial charge in [-0.2, -0.15) is 0 Å². The van der Waals surface area contributed by atoms with Crippen LogP contribution in [0.2, 0.25) is 0 Å². The lowest BCUT2D eigenvalue weighted by Gasteiger charge is -2.23. The van der Waals surface area contributed by atoms with E-state index >= 15 is 0 Å². The molecule has 0 aliphatic carbocycles. The number of likely N-dealkylation sites (tertiary alicyclic amines) is 1. The predicted octanol–water partition coefficient (Wildman–Crippen LogP) is 3.96. The minimum absolute atomic E-state index is 0.183. The van der Waals surface area contributed by atoms with Crippen molar-refractivity contribution in [3.63, 3.8) is 0 Å². The van der Waals surface area contributed by atoms with E-state index in [-0.39, 0.29) is 5.82 Å². The molecule has 1 aliphatic heterocycles. The molecule has 1 fully saturated rings. The smallest absolute Gasteiger partial charge is 0.137 e. The fraction of sp³-hybridized carbons (Fsp3) is 0.538. The molecule has 1 unspecified atom stereocenters. The highest BCUT2D eigenvalue weighted by molar-refractivity contribution is 9.10. The molecule has 1 aliphatic rings. The van der Waals surface area contributed by atoms with Gasteiger partial charge in [0, 0.05) is 12.6 Å². The third-order valence-corrected chi connectivity index (χ3v) is 3.95. The molecule has 0 saturated carbocycles. The Morgan fingerprint density at radius 2 is 2.31 bits per heavy atom. The summed E-state index contributed by atoms with van der Waals surface area (Å²) in [7, 11) is 0. The summed E-state index contributed by atoms with van der Waals surface area (Å²) in [6.07, 6.45) is 3.81. The number of hydrogen-bond donors (Lipinski definition) is 0. The first-order valence-corrected chi connectivity index (χ1v) is 6.68. The van der Waals surface area contributed by atoms with Crippen molar-refractivity contribution in [2.75, 3.05) is 6.54 Å². The first-order valence-electron chi connectivity index (χ1n) is 5.88. The van der Waals surface area contributed by atoms with Crippen LogP contribution in [-0.4, -0.2) is 17.5 Å². The first-order chi connectivity index (χ1) is 7.70. The number of hydrogen-bond acceptors (Lipinski definition) is 1. The number of benzene rings is 1. The van der Waals surface area contributed by atoms with Crippen LogP contribution in [0.4, 0.5) is 4.39 Å². The van der Waals surface area contributed by atoms with Crippen molar-refractivity contribution in [1.82, 2.24) is 4.90 Å². The molecule has 16 heavy (non-hydrogen) atoms. The molecule has 1 nitrogen and oxygen atoms in total. The van der Waals surface area contributed by atoms with Crippen LogP contribution in [0.1, 0.15) is 31.7 Å². The zero-order valence-electron chi connectivity index (χ0n) is 9.55. The second-order valence-corrected chi connectivity index (χ2v) is 5.28. The maximum Gasteiger partial charge on any atom is 0.137 e. The van der Waals surface area contributed by atoms with Gasteiger partial charge in [0.1, 0.15) is 5.82 Å². The Labute approximate surface area is 105 Å². The van der Waals surface area contributed by atoms with Crippen molar-refractivity contribution in [2.24, 2.45) is 0 Å². The van der Waals surface area contributed by atoms with Gasteiger partial charge in [0.05, 0.1) is 4.47 Å². The molecule has 1 saturated heterocycles. The molecular formula is C13H17BrFN. The highest BCUT2D eigenvalue weighted by atomic mass is 79.9.